The predicted molar refractivity (Wildman–Crippen MR) is 115 cm³/mol. The molecule has 0 spiro atoms. The molecule has 1 N–H and O–H groups in total. The Hall–Kier alpha value is -3.91. The second-order valence-corrected chi connectivity index (χ2v) is 6.43. The van der Waals surface area contributed by atoms with Crippen molar-refractivity contribution in [3.8, 4) is 5.75 Å². The van der Waals surface area contributed by atoms with Crippen molar-refractivity contribution in [2.45, 2.75) is 13.2 Å². The molecule has 3 rings (SSSR count). The van der Waals surface area contributed by atoms with Crippen LogP contribution in [-0.4, -0.2) is 31.2 Å². The Labute approximate surface area is 180 Å². The fourth-order valence-electron chi connectivity index (χ4n) is 2.75. The monoisotopic (exact) mass is 421 g/mol. The fraction of sp³-hybridized carbons (Fsp3) is 0.174. The molecule has 8 nitrogen and oxygen atoms in total. The molecule has 1 aromatic heterocycles. The summed E-state index contributed by atoms with van der Waals surface area (Å²) in [6, 6.07) is 19.2. The number of nitrogens with zero attached hydrogens (tertiary/aromatic N) is 2. The van der Waals surface area contributed by atoms with E-state index in [1.807, 2.05) is 42.5 Å². The Morgan fingerprint density at radius 2 is 1.68 bits per heavy atom. The molecule has 0 aliphatic carbocycles. The number of hydrogen-bond acceptors (Lipinski definition) is 6. The second kappa shape index (κ2) is 10.7. The molecule has 0 atom stereocenters. The number of urea groups is 1. The number of methoxy groups -OCH3 is 2. The lowest BCUT2D eigenvalue weighted by Gasteiger charge is -2.23. The van der Waals surface area contributed by atoms with Gasteiger partial charge in [-0.2, -0.15) is 0 Å². The van der Waals surface area contributed by atoms with Crippen LogP contribution in [0.25, 0.3) is 0 Å². The molecule has 2 aromatic carbocycles. The Morgan fingerprint density at radius 3 is 2.35 bits per heavy atom. The van der Waals surface area contributed by atoms with Gasteiger partial charge in [0.15, 0.2) is 5.82 Å². The number of hydrogen-bond donors (Lipinski definition) is 1. The highest BCUT2D eigenvalue weighted by Crippen LogP contribution is 2.20. The minimum Gasteiger partial charge on any atom is -0.497 e. The zero-order valence-electron chi connectivity index (χ0n) is 17.3. The number of carbonyl (C=O) groups excluding carboxylic acids is 2. The van der Waals surface area contributed by atoms with Crippen LogP contribution >= 0.6 is 0 Å². The first-order valence-electron chi connectivity index (χ1n) is 9.53. The first-order valence-corrected chi connectivity index (χ1v) is 9.53. The molecule has 0 unspecified atom stereocenters. The largest absolute Gasteiger partial charge is 0.497 e. The van der Waals surface area contributed by atoms with Gasteiger partial charge in [-0.25, -0.2) is 14.6 Å². The molecule has 1 heterocycles. The third-order valence-corrected chi connectivity index (χ3v) is 4.37. The maximum absolute atomic E-state index is 13.0. The lowest BCUT2D eigenvalue weighted by molar-refractivity contribution is 0.0594. The maximum Gasteiger partial charge on any atom is 0.347 e. The first kappa shape index (κ1) is 21.8. The maximum atomic E-state index is 13.0. The van der Waals surface area contributed by atoms with E-state index in [0.717, 1.165) is 21.9 Å². The van der Waals surface area contributed by atoms with Crippen LogP contribution in [-0.2, 0) is 22.7 Å². The Balaban J connectivity index is 1.80. The van der Waals surface area contributed by atoms with Gasteiger partial charge in [0.1, 0.15) is 17.9 Å². The van der Waals surface area contributed by atoms with Crippen molar-refractivity contribution in [2.75, 3.05) is 19.3 Å². The third kappa shape index (κ3) is 5.80. The van der Waals surface area contributed by atoms with Gasteiger partial charge < -0.3 is 14.8 Å². The summed E-state index contributed by atoms with van der Waals surface area (Å²) in [6.45, 7) is 0.350. The van der Waals surface area contributed by atoms with Crippen molar-refractivity contribution in [1.82, 2.24) is 10.3 Å². The van der Waals surface area contributed by atoms with Crippen molar-refractivity contribution in [1.29, 1.82) is 0 Å². The molecule has 0 aliphatic heterocycles. The normalized spacial score (nSPS) is 10.3. The average molecular weight is 421 g/mol. The van der Waals surface area contributed by atoms with Gasteiger partial charge in [0.25, 0.3) is 0 Å². The van der Waals surface area contributed by atoms with Crippen molar-refractivity contribution >= 4 is 17.8 Å². The van der Waals surface area contributed by atoms with Crippen LogP contribution in [0.3, 0.4) is 0 Å². The summed E-state index contributed by atoms with van der Waals surface area (Å²) >= 11 is 0. The summed E-state index contributed by atoms with van der Waals surface area (Å²) in [5.41, 5.74) is 1.83. The van der Waals surface area contributed by atoms with Gasteiger partial charge in [0, 0.05) is 12.7 Å². The second-order valence-electron chi connectivity index (χ2n) is 6.43. The van der Waals surface area contributed by atoms with E-state index in [4.69, 9.17) is 14.3 Å². The van der Waals surface area contributed by atoms with E-state index in [2.05, 4.69) is 10.3 Å². The standard InChI is InChI=1S/C23H23N3O5/c1-29-19-12-10-17(11-13-19)15-25-23(28)26(31-16-18-7-4-3-5-8-18)21-20(22(27)30-2)9-6-14-24-21/h3-14H,15-16H2,1-2H3,(H,25,28). The van der Waals surface area contributed by atoms with Gasteiger partial charge >= 0.3 is 12.0 Å². The van der Waals surface area contributed by atoms with Gasteiger partial charge in [0.05, 0.1) is 14.2 Å². The van der Waals surface area contributed by atoms with Crippen LogP contribution in [0.1, 0.15) is 21.5 Å². The molecule has 0 fully saturated rings. The summed E-state index contributed by atoms with van der Waals surface area (Å²) < 4.78 is 9.96. The van der Waals surface area contributed by atoms with E-state index in [0.29, 0.717) is 0 Å². The molecule has 0 aliphatic rings. The summed E-state index contributed by atoms with van der Waals surface area (Å²) in [4.78, 5) is 35.1. The molecule has 0 saturated carbocycles. The van der Waals surface area contributed by atoms with E-state index in [1.165, 1.54) is 19.4 Å². The third-order valence-electron chi connectivity index (χ3n) is 4.37. The summed E-state index contributed by atoms with van der Waals surface area (Å²) in [5.74, 6) is 0.135. The van der Waals surface area contributed by atoms with E-state index in [9.17, 15) is 9.59 Å². The van der Waals surface area contributed by atoms with Crippen LogP contribution in [0.2, 0.25) is 0 Å². The van der Waals surface area contributed by atoms with Gasteiger partial charge in [-0.15, -0.1) is 5.06 Å². The Morgan fingerprint density at radius 1 is 0.935 bits per heavy atom. The lowest BCUT2D eigenvalue weighted by atomic mass is 10.2. The molecule has 0 saturated heterocycles. The molecule has 0 bridgehead atoms. The molecule has 2 amide bonds. The Bertz CT molecular complexity index is 1010. The summed E-state index contributed by atoms with van der Waals surface area (Å²) in [6.07, 6.45) is 1.47. The van der Waals surface area contributed by atoms with Crippen LogP contribution in [0, 0.1) is 0 Å². The van der Waals surface area contributed by atoms with Gasteiger partial charge in [-0.1, -0.05) is 42.5 Å². The summed E-state index contributed by atoms with van der Waals surface area (Å²) in [5, 5.41) is 3.76. The molecular weight excluding hydrogens is 398 g/mol. The zero-order chi connectivity index (χ0) is 22.1. The molecule has 8 heteroatoms. The summed E-state index contributed by atoms with van der Waals surface area (Å²) in [7, 11) is 2.85. The van der Waals surface area contributed by atoms with Crippen molar-refractivity contribution < 1.29 is 23.9 Å². The van der Waals surface area contributed by atoms with E-state index >= 15 is 0 Å². The number of anilines is 1. The number of carbonyl (C=O) groups is 2. The number of ether oxygens (including phenoxy) is 2. The number of rotatable bonds is 8. The topological polar surface area (TPSA) is 90.0 Å². The van der Waals surface area contributed by atoms with E-state index in [1.54, 1.807) is 25.3 Å². The van der Waals surface area contributed by atoms with Crippen LogP contribution < -0.4 is 15.1 Å². The lowest BCUT2D eigenvalue weighted by Crippen LogP contribution is -2.41. The van der Waals surface area contributed by atoms with Crippen LogP contribution in [0.5, 0.6) is 5.75 Å². The minimum absolute atomic E-state index is 0.0394. The Kier molecular flexibility index (Phi) is 7.56. The smallest absolute Gasteiger partial charge is 0.347 e. The number of aromatic nitrogens is 1. The number of pyridine rings is 1. The van der Waals surface area contributed by atoms with E-state index in [-0.39, 0.29) is 24.5 Å². The highest BCUT2D eigenvalue weighted by atomic mass is 16.7. The van der Waals surface area contributed by atoms with Crippen LogP contribution in [0.4, 0.5) is 10.6 Å². The molecule has 3 aromatic rings. The van der Waals surface area contributed by atoms with Gasteiger partial charge in [-0.3, -0.25) is 4.84 Å². The van der Waals surface area contributed by atoms with E-state index < -0.39 is 12.0 Å². The zero-order valence-corrected chi connectivity index (χ0v) is 17.3. The highest BCUT2D eigenvalue weighted by molar-refractivity contribution is 5.99. The first-order chi connectivity index (χ1) is 15.1. The van der Waals surface area contributed by atoms with Crippen molar-refractivity contribution in [3.05, 3.63) is 89.6 Å². The van der Waals surface area contributed by atoms with Gasteiger partial charge in [-0.05, 0) is 35.4 Å². The fourth-order valence-corrected chi connectivity index (χ4v) is 2.75. The number of nitrogens with one attached hydrogen (secondary N) is 1. The van der Waals surface area contributed by atoms with Gasteiger partial charge in [0.2, 0.25) is 0 Å². The minimum atomic E-state index is -0.626. The average Bonchev–Trinajstić information content (AvgIpc) is 2.83. The molecule has 0 radical (unpaired) electrons. The number of esters is 1. The molecular formula is C23H23N3O5. The number of hydroxylamine groups is 1. The number of benzene rings is 2. The SMILES string of the molecule is COC(=O)c1cccnc1N(OCc1ccccc1)C(=O)NCc1ccc(OC)cc1. The molecule has 160 valence electrons. The predicted octanol–water partition coefficient (Wildman–Crippen LogP) is 3.72. The highest BCUT2D eigenvalue weighted by Gasteiger charge is 2.25. The number of amides is 2. The van der Waals surface area contributed by atoms with Crippen molar-refractivity contribution in [3.63, 3.8) is 0 Å². The van der Waals surface area contributed by atoms with Crippen molar-refractivity contribution in [2.24, 2.45) is 0 Å². The molecule has 31 heavy (non-hydrogen) atoms. The van der Waals surface area contributed by atoms with Crippen LogP contribution in [0.15, 0.2) is 72.9 Å². The quantitative estimate of drug-likeness (QED) is 0.440.